The summed E-state index contributed by atoms with van der Waals surface area (Å²) in [5.74, 6) is 2.56. The predicted octanol–water partition coefficient (Wildman–Crippen LogP) is 4.56. The molecule has 0 amide bonds. The maximum atomic E-state index is 6.10. The summed E-state index contributed by atoms with van der Waals surface area (Å²) in [7, 11) is 1.66. The summed E-state index contributed by atoms with van der Waals surface area (Å²) in [6, 6.07) is 14.2. The van der Waals surface area contributed by atoms with Crippen LogP contribution in [0.4, 0.5) is 0 Å². The summed E-state index contributed by atoms with van der Waals surface area (Å²) in [6.45, 7) is 4.28. The molecule has 5 rings (SSSR count). The Morgan fingerprint density at radius 1 is 1.14 bits per heavy atom. The van der Waals surface area contributed by atoms with Gasteiger partial charge in [-0.05, 0) is 68.1 Å². The topological polar surface area (TPSA) is 61.5 Å². The number of methoxy groups -OCH3 is 1. The van der Waals surface area contributed by atoms with E-state index in [1.165, 1.54) is 11.1 Å². The van der Waals surface area contributed by atoms with Crippen molar-refractivity contribution in [1.29, 1.82) is 0 Å². The van der Waals surface area contributed by atoms with Gasteiger partial charge in [0.25, 0.3) is 0 Å². The zero-order chi connectivity index (χ0) is 20.0. The molecular formula is C22H22N4O2S. The highest BCUT2D eigenvalue weighted by molar-refractivity contribution is 7.16. The van der Waals surface area contributed by atoms with Crippen LogP contribution >= 0.6 is 11.3 Å². The number of aromatic nitrogens is 4. The van der Waals surface area contributed by atoms with Gasteiger partial charge in [0, 0.05) is 12.0 Å². The second-order valence-electron chi connectivity index (χ2n) is 7.92. The van der Waals surface area contributed by atoms with Crippen LogP contribution in [-0.2, 0) is 12.8 Å². The molecule has 0 spiro atoms. The lowest BCUT2D eigenvalue weighted by Gasteiger charge is -2.32. The van der Waals surface area contributed by atoms with Crippen LogP contribution in [0.15, 0.2) is 42.5 Å². The Hall–Kier alpha value is -2.93. The molecule has 4 aromatic rings. The molecule has 1 aliphatic heterocycles. The van der Waals surface area contributed by atoms with Gasteiger partial charge in [-0.1, -0.05) is 23.5 Å². The van der Waals surface area contributed by atoms with Gasteiger partial charge in [-0.2, -0.15) is 9.61 Å². The van der Waals surface area contributed by atoms with Crippen molar-refractivity contribution in [2.75, 3.05) is 7.11 Å². The Kier molecular flexibility index (Phi) is 4.28. The van der Waals surface area contributed by atoms with E-state index in [-0.39, 0.29) is 5.60 Å². The van der Waals surface area contributed by atoms with Gasteiger partial charge in [-0.15, -0.1) is 10.2 Å². The Bertz CT molecular complexity index is 1180. The first-order chi connectivity index (χ1) is 14.0. The number of rotatable bonds is 4. The number of hydrogen-bond donors (Lipinski definition) is 0. The van der Waals surface area contributed by atoms with Gasteiger partial charge in [-0.25, -0.2) is 0 Å². The van der Waals surface area contributed by atoms with Gasteiger partial charge in [0.15, 0.2) is 5.82 Å². The van der Waals surface area contributed by atoms with E-state index in [1.807, 2.05) is 28.8 Å². The lowest BCUT2D eigenvalue weighted by molar-refractivity contribution is 0.0846. The fourth-order valence-corrected chi connectivity index (χ4v) is 4.51. The van der Waals surface area contributed by atoms with E-state index in [4.69, 9.17) is 14.6 Å². The van der Waals surface area contributed by atoms with E-state index in [0.29, 0.717) is 0 Å². The molecule has 29 heavy (non-hydrogen) atoms. The van der Waals surface area contributed by atoms with Crippen molar-refractivity contribution < 1.29 is 9.47 Å². The van der Waals surface area contributed by atoms with E-state index in [0.717, 1.165) is 52.1 Å². The van der Waals surface area contributed by atoms with Crippen LogP contribution in [0.2, 0.25) is 0 Å². The molecule has 0 saturated carbocycles. The lowest BCUT2D eigenvalue weighted by atomic mass is 9.93. The standard InChI is InChI=1S/C22H22N4O2S/c1-22(2)11-10-16-12-14(4-9-18(16)28-22)13-19-25-26-20(23-24-21(26)29-19)15-5-7-17(27-3)8-6-15/h4-9,12H,10-11,13H2,1-3H3. The Morgan fingerprint density at radius 2 is 1.97 bits per heavy atom. The van der Waals surface area contributed by atoms with Crippen molar-refractivity contribution in [3.63, 3.8) is 0 Å². The number of benzene rings is 2. The number of nitrogens with zero attached hydrogens (tertiary/aromatic N) is 4. The third-order valence-electron chi connectivity index (χ3n) is 5.24. The highest BCUT2D eigenvalue weighted by Gasteiger charge is 2.26. The average molecular weight is 407 g/mol. The first kappa shape index (κ1) is 18.1. The average Bonchev–Trinajstić information content (AvgIpc) is 3.28. The molecule has 0 aliphatic carbocycles. The van der Waals surface area contributed by atoms with Crippen LogP contribution in [0.5, 0.6) is 11.5 Å². The van der Waals surface area contributed by atoms with Gasteiger partial charge in [-0.3, -0.25) is 0 Å². The van der Waals surface area contributed by atoms with Crippen LogP contribution in [0.1, 0.15) is 36.4 Å². The van der Waals surface area contributed by atoms with Crippen molar-refractivity contribution in [3.8, 4) is 22.9 Å². The van der Waals surface area contributed by atoms with Gasteiger partial charge in [0.1, 0.15) is 22.1 Å². The molecule has 0 bridgehead atoms. The van der Waals surface area contributed by atoms with Crippen molar-refractivity contribution >= 4 is 16.3 Å². The smallest absolute Gasteiger partial charge is 0.234 e. The zero-order valence-corrected chi connectivity index (χ0v) is 17.5. The van der Waals surface area contributed by atoms with Gasteiger partial charge >= 0.3 is 0 Å². The molecule has 0 fully saturated rings. The fraction of sp³-hybridized carbons (Fsp3) is 0.318. The molecule has 0 radical (unpaired) electrons. The highest BCUT2D eigenvalue weighted by Crippen LogP contribution is 2.34. The molecule has 0 saturated heterocycles. The molecule has 2 aromatic carbocycles. The van der Waals surface area contributed by atoms with E-state index < -0.39 is 0 Å². The van der Waals surface area contributed by atoms with Crippen LogP contribution < -0.4 is 9.47 Å². The number of aryl methyl sites for hydroxylation is 1. The summed E-state index contributed by atoms with van der Waals surface area (Å²) in [6.07, 6.45) is 2.85. The molecule has 148 valence electrons. The minimum absolute atomic E-state index is 0.0834. The van der Waals surface area contributed by atoms with Gasteiger partial charge in [0.2, 0.25) is 4.96 Å². The molecular weight excluding hydrogens is 384 g/mol. The first-order valence-corrected chi connectivity index (χ1v) is 10.5. The minimum Gasteiger partial charge on any atom is -0.497 e. The Balaban J connectivity index is 1.41. The quantitative estimate of drug-likeness (QED) is 0.497. The number of fused-ring (bicyclic) bond motifs is 2. The van der Waals surface area contributed by atoms with Crippen molar-refractivity contribution in [3.05, 3.63) is 58.6 Å². The monoisotopic (exact) mass is 406 g/mol. The largest absolute Gasteiger partial charge is 0.497 e. The van der Waals surface area contributed by atoms with E-state index in [2.05, 4.69) is 42.2 Å². The van der Waals surface area contributed by atoms with Crippen LogP contribution in [0.25, 0.3) is 16.3 Å². The molecule has 0 unspecified atom stereocenters. The zero-order valence-electron chi connectivity index (χ0n) is 16.7. The lowest BCUT2D eigenvalue weighted by Crippen LogP contribution is -2.32. The number of ether oxygens (including phenoxy) is 2. The third-order valence-corrected chi connectivity index (χ3v) is 6.14. The summed E-state index contributed by atoms with van der Waals surface area (Å²) in [4.78, 5) is 0.800. The van der Waals surface area contributed by atoms with Gasteiger partial charge < -0.3 is 9.47 Å². The molecule has 0 N–H and O–H groups in total. The van der Waals surface area contributed by atoms with E-state index in [9.17, 15) is 0 Å². The summed E-state index contributed by atoms with van der Waals surface area (Å²) in [5, 5.41) is 14.4. The molecule has 6 nitrogen and oxygen atoms in total. The summed E-state index contributed by atoms with van der Waals surface area (Å²) < 4.78 is 13.2. The van der Waals surface area contributed by atoms with Crippen LogP contribution in [0.3, 0.4) is 0 Å². The Morgan fingerprint density at radius 3 is 2.76 bits per heavy atom. The van der Waals surface area contributed by atoms with Crippen molar-refractivity contribution in [2.24, 2.45) is 0 Å². The first-order valence-electron chi connectivity index (χ1n) is 9.67. The molecule has 3 heterocycles. The molecule has 7 heteroatoms. The third kappa shape index (κ3) is 3.46. The minimum atomic E-state index is -0.0834. The fourth-order valence-electron chi connectivity index (χ4n) is 3.64. The normalized spacial score (nSPS) is 15.1. The maximum absolute atomic E-state index is 6.10. The molecule has 2 aromatic heterocycles. The number of hydrogen-bond acceptors (Lipinski definition) is 6. The highest BCUT2D eigenvalue weighted by atomic mass is 32.1. The predicted molar refractivity (Wildman–Crippen MR) is 113 cm³/mol. The van der Waals surface area contributed by atoms with Gasteiger partial charge in [0.05, 0.1) is 7.11 Å². The summed E-state index contributed by atoms with van der Waals surface area (Å²) in [5.41, 5.74) is 3.40. The van der Waals surface area contributed by atoms with Crippen molar-refractivity contribution in [2.45, 2.75) is 38.7 Å². The second-order valence-corrected chi connectivity index (χ2v) is 8.96. The Labute approximate surface area is 173 Å². The SMILES string of the molecule is COc1ccc(-c2nnc3sc(Cc4ccc5c(c4)CCC(C)(C)O5)nn23)cc1. The second kappa shape index (κ2) is 6.84. The maximum Gasteiger partial charge on any atom is 0.234 e. The molecule has 0 atom stereocenters. The van der Waals surface area contributed by atoms with E-state index >= 15 is 0 Å². The molecule has 1 aliphatic rings. The van der Waals surface area contributed by atoms with Crippen LogP contribution in [0, 0.1) is 0 Å². The summed E-state index contributed by atoms with van der Waals surface area (Å²) >= 11 is 1.57. The van der Waals surface area contributed by atoms with E-state index in [1.54, 1.807) is 18.4 Å². The van der Waals surface area contributed by atoms with Crippen molar-refractivity contribution in [1.82, 2.24) is 19.8 Å². The van der Waals surface area contributed by atoms with Crippen LogP contribution in [-0.4, -0.2) is 32.5 Å².